The molecule has 1 heterocycles. The molecule has 1 aromatic rings. The fraction of sp³-hybridized carbons (Fsp3) is 0.421. The number of hydrogen-bond donors (Lipinski definition) is 1. The number of isocyanates is 1. The van der Waals surface area contributed by atoms with Gasteiger partial charge in [-0.2, -0.15) is 4.99 Å². The SMILES string of the molecule is COc1c(C)c2c(c(N=C=O)c1CC=C(C)CC(C)C(=O)O)C(=O)OC2. The number of carbonyl (C=O) groups excluding carboxylic acids is 2. The number of hydrogen-bond acceptors (Lipinski definition) is 6. The maximum Gasteiger partial charge on any atom is 0.341 e. The molecule has 1 unspecified atom stereocenters. The van der Waals surface area contributed by atoms with Crippen molar-refractivity contribution >= 4 is 23.7 Å². The number of benzene rings is 1. The Morgan fingerprint density at radius 3 is 2.77 bits per heavy atom. The molecule has 7 nitrogen and oxygen atoms in total. The van der Waals surface area contributed by atoms with Gasteiger partial charge >= 0.3 is 11.9 Å². The van der Waals surface area contributed by atoms with Gasteiger partial charge in [-0.15, -0.1) is 0 Å². The fourth-order valence-electron chi connectivity index (χ4n) is 3.13. The molecule has 0 aromatic heterocycles. The van der Waals surface area contributed by atoms with Crippen molar-refractivity contribution in [2.24, 2.45) is 10.9 Å². The first-order valence-corrected chi connectivity index (χ1v) is 8.17. The van der Waals surface area contributed by atoms with Gasteiger partial charge in [-0.3, -0.25) is 4.79 Å². The monoisotopic (exact) mass is 359 g/mol. The third-order valence-corrected chi connectivity index (χ3v) is 4.51. The van der Waals surface area contributed by atoms with Crippen molar-refractivity contribution in [2.45, 2.75) is 40.2 Å². The lowest BCUT2D eigenvalue weighted by molar-refractivity contribution is -0.141. The van der Waals surface area contributed by atoms with Crippen LogP contribution < -0.4 is 4.74 Å². The molecule has 7 heteroatoms. The molecular weight excluding hydrogens is 338 g/mol. The molecule has 0 saturated carbocycles. The highest BCUT2D eigenvalue weighted by atomic mass is 16.5. The van der Waals surface area contributed by atoms with Crippen molar-refractivity contribution in [3.63, 3.8) is 0 Å². The minimum Gasteiger partial charge on any atom is -0.496 e. The third kappa shape index (κ3) is 3.68. The van der Waals surface area contributed by atoms with Gasteiger partial charge in [0.1, 0.15) is 12.4 Å². The van der Waals surface area contributed by atoms with Gasteiger partial charge in [0.25, 0.3) is 0 Å². The van der Waals surface area contributed by atoms with Crippen LogP contribution in [0, 0.1) is 12.8 Å². The van der Waals surface area contributed by atoms with Gasteiger partial charge in [-0.05, 0) is 32.3 Å². The summed E-state index contributed by atoms with van der Waals surface area (Å²) in [4.78, 5) is 37.7. The van der Waals surface area contributed by atoms with E-state index in [1.54, 1.807) is 6.92 Å². The summed E-state index contributed by atoms with van der Waals surface area (Å²) in [5.41, 5.74) is 3.35. The second-order valence-electron chi connectivity index (χ2n) is 6.32. The van der Waals surface area contributed by atoms with E-state index in [-0.39, 0.29) is 17.9 Å². The molecule has 0 aliphatic carbocycles. The largest absolute Gasteiger partial charge is 0.496 e. The smallest absolute Gasteiger partial charge is 0.341 e. The van der Waals surface area contributed by atoms with Gasteiger partial charge in [0.15, 0.2) is 0 Å². The lowest BCUT2D eigenvalue weighted by Gasteiger charge is -2.16. The maximum atomic E-state index is 12.1. The molecule has 0 amide bonds. The molecule has 0 saturated heterocycles. The first-order chi connectivity index (χ1) is 12.3. The molecular formula is C19H21NO6. The molecule has 1 aliphatic rings. The molecule has 26 heavy (non-hydrogen) atoms. The Kier molecular flexibility index (Phi) is 5.95. The van der Waals surface area contributed by atoms with E-state index in [1.807, 2.05) is 19.9 Å². The summed E-state index contributed by atoms with van der Waals surface area (Å²) in [5, 5.41) is 9.03. The van der Waals surface area contributed by atoms with Gasteiger partial charge in [-0.1, -0.05) is 18.6 Å². The van der Waals surface area contributed by atoms with Crippen LogP contribution in [0.4, 0.5) is 5.69 Å². The van der Waals surface area contributed by atoms with Crippen LogP contribution in [0.25, 0.3) is 0 Å². The van der Waals surface area contributed by atoms with E-state index in [1.165, 1.54) is 13.2 Å². The van der Waals surface area contributed by atoms with Gasteiger partial charge in [0, 0.05) is 11.1 Å². The first-order valence-electron chi connectivity index (χ1n) is 8.17. The summed E-state index contributed by atoms with van der Waals surface area (Å²) in [5.74, 6) is -1.36. The number of esters is 1. The quantitative estimate of drug-likeness (QED) is 0.347. The zero-order valence-corrected chi connectivity index (χ0v) is 15.2. The van der Waals surface area contributed by atoms with Crippen LogP contribution in [0.1, 0.15) is 47.3 Å². The predicted molar refractivity (Wildman–Crippen MR) is 93.5 cm³/mol. The van der Waals surface area contributed by atoms with Crippen molar-refractivity contribution in [2.75, 3.05) is 7.11 Å². The third-order valence-electron chi connectivity index (χ3n) is 4.51. The van der Waals surface area contributed by atoms with Gasteiger partial charge < -0.3 is 14.6 Å². The number of methoxy groups -OCH3 is 1. The molecule has 1 atom stereocenters. The van der Waals surface area contributed by atoms with Crippen molar-refractivity contribution in [3.8, 4) is 5.75 Å². The summed E-state index contributed by atoms with van der Waals surface area (Å²) in [6.45, 7) is 5.41. The molecule has 0 radical (unpaired) electrons. The molecule has 138 valence electrons. The first kappa shape index (κ1) is 19.4. The highest BCUT2D eigenvalue weighted by Crippen LogP contribution is 2.42. The molecule has 0 bridgehead atoms. The predicted octanol–water partition coefficient (Wildman–Crippen LogP) is 3.24. The van der Waals surface area contributed by atoms with E-state index in [0.29, 0.717) is 29.7 Å². The molecule has 1 N–H and O–H groups in total. The number of aliphatic imine (C=N–C) groups is 1. The lowest BCUT2D eigenvalue weighted by Crippen LogP contribution is -2.09. The number of carboxylic acids is 1. The van der Waals surface area contributed by atoms with E-state index >= 15 is 0 Å². The number of rotatable bonds is 7. The van der Waals surface area contributed by atoms with Crippen LogP contribution in [0.15, 0.2) is 16.6 Å². The lowest BCUT2D eigenvalue weighted by atomic mass is 9.93. The van der Waals surface area contributed by atoms with Crippen LogP contribution in [0.2, 0.25) is 0 Å². The second kappa shape index (κ2) is 7.97. The zero-order valence-electron chi connectivity index (χ0n) is 15.2. The maximum absolute atomic E-state index is 12.1. The Balaban J connectivity index is 2.52. The normalized spacial score (nSPS) is 14.3. The average molecular weight is 359 g/mol. The van der Waals surface area contributed by atoms with Crippen molar-refractivity contribution in [1.82, 2.24) is 0 Å². The molecule has 0 spiro atoms. The average Bonchev–Trinajstić information content (AvgIpc) is 2.97. The minimum atomic E-state index is -0.863. The fourth-order valence-corrected chi connectivity index (χ4v) is 3.13. The number of fused-ring (bicyclic) bond motifs is 1. The number of cyclic esters (lactones) is 1. The van der Waals surface area contributed by atoms with E-state index in [0.717, 1.165) is 11.1 Å². The van der Waals surface area contributed by atoms with E-state index < -0.39 is 17.9 Å². The van der Waals surface area contributed by atoms with E-state index in [4.69, 9.17) is 14.6 Å². The Hall–Kier alpha value is -2.92. The topological polar surface area (TPSA) is 102 Å². The van der Waals surface area contributed by atoms with Gasteiger partial charge in [-0.25, -0.2) is 9.59 Å². The minimum absolute atomic E-state index is 0.114. The van der Waals surface area contributed by atoms with E-state index in [9.17, 15) is 14.4 Å². The van der Waals surface area contributed by atoms with Crippen molar-refractivity contribution in [3.05, 3.63) is 33.9 Å². The molecule has 1 aromatic carbocycles. The van der Waals surface area contributed by atoms with Gasteiger partial charge in [0.2, 0.25) is 6.08 Å². The standard InChI is InChI=1S/C19H21NO6/c1-10(7-11(2)18(22)23)5-6-13-16(20-9-21)15-14(8-26-19(15)24)12(3)17(13)25-4/h5,11H,6-8H2,1-4H3,(H,22,23). The zero-order chi connectivity index (χ0) is 19.4. The molecule has 1 aliphatic heterocycles. The number of ether oxygens (including phenoxy) is 2. The highest BCUT2D eigenvalue weighted by molar-refractivity contribution is 6.01. The van der Waals surface area contributed by atoms with Crippen LogP contribution >= 0.6 is 0 Å². The number of nitrogens with zero attached hydrogens (tertiary/aromatic N) is 1. The number of carboxylic acid groups (broad SMARTS) is 1. The second-order valence-corrected chi connectivity index (χ2v) is 6.32. The van der Waals surface area contributed by atoms with Crippen molar-refractivity contribution < 1.29 is 29.0 Å². The summed E-state index contributed by atoms with van der Waals surface area (Å²) >= 11 is 0. The summed E-state index contributed by atoms with van der Waals surface area (Å²) < 4.78 is 10.6. The number of carbonyl (C=O) groups is 2. The Bertz CT molecular complexity index is 833. The van der Waals surface area contributed by atoms with Crippen LogP contribution in [0.5, 0.6) is 5.75 Å². The molecule has 2 rings (SSSR count). The van der Waals surface area contributed by atoms with Crippen LogP contribution in [-0.4, -0.2) is 30.2 Å². The molecule has 0 fully saturated rings. The van der Waals surface area contributed by atoms with Crippen LogP contribution in [0.3, 0.4) is 0 Å². The van der Waals surface area contributed by atoms with Crippen molar-refractivity contribution in [1.29, 1.82) is 0 Å². The van der Waals surface area contributed by atoms with E-state index in [2.05, 4.69) is 4.99 Å². The number of aliphatic carboxylic acids is 1. The Labute approximate surface area is 151 Å². The Morgan fingerprint density at radius 2 is 2.19 bits per heavy atom. The Morgan fingerprint density at radius 1 is 1.50 bits per heavy atom. The highest BCUT2D eigenvalue weighted by Gasteiger charge is 2.32. The van der Waals surface area contributed by atoms with Gasteiger partial charge in [0.05, 0.1) is 24.3 Å². The summed E-state index contributed by atoms with van der Waals surface area (Å²) in [6, 6.07) is 0. The number of allylic oxidation sites excluding steroid dienone is 2. The summed E-state index contributed by atoms with van der Waals surface area (Å²) in [7, 11) is 1.51. The van der Waals surface area contributed by atoms with Crippen LogP contribution in [-0.2, 0) is 27.4 Å². The summed E-state index contributed by atoms with van der Waals surface area (Å²) in [6.07, 6.45) is 4.08.